The molecule has 8 nitrogen and oxygen atoms in total. The fourth-order valence-corrected chi connectivity index (χ4v) is 2.98. The molecule has 0 spiro atoms. The van der Waals surface area contributed by atoms with Gasteiger partial charge < -0.3 is 24.1 Å². The number of ether oxygens (including phenoxy) is 4. The lowest BCUT2D eigenvalue weighted by Gasteiger charge is -2.14. The molecule has 0 fully saturated rings. The van der Waals surface area contributed by atoms with Gasteiger partial charge in [-0.1, -0.05) is 36.0 Å². The molecular formula is C22H22N2O6S. The predicted molar refractivity (Wildman–Crippen MR) is 115 cm³/mol. The van der Waals surface area contributed by atoms with Gasteiger partial charge in [-0.2, -0.15) is 9.97 Å². The van der Waals surface area contributed by atoms with E-state index in [0.29, 0.717) is 5.16 Å². The molecule has 1 aromatic heterocycles. The van der Waals surface area contributed by atoms with Gasteiger partial charge in [-0.3, -0.25) is 0 Å². The van der Waals surface area contributed by atoms with E-state index in [1.807, 2.05) is 24.3 Å². The average molecular weight is 442 g/mol. The van der Waals surface area contributed by atoms with E-state index in [-0.39, 0.29) is 30.5 Å². The van der Waals surface area contributed by atoms with Crippen molar-refractivity contribution in [3.05, 3.63) is 65.2 Å². The maximum absolute atomic E-state index is 12.0. The summed E-state index contributed by atoms with van der Waals surface area (Å²) in [5.41, 5.74) is 1.45. The van der Waals surface area contributed by atoms with E-state index >= 15 is 0 Å². The first-order chi connectivity index (χ1) is 15.0. The summed E-state index contributed by atoms with van der Waals surface area (Å²) in [7, 11) is 3.17. The monoisotopic (exact) mass is 442 g/mol. The van der Waals surface area contributed by atoms with Crippen LogP contribution in [0.1, 0.15) is 21.5 Å². The lowest BCUT2D eigenvalue weighted by molar-refractivity contribution is 0.0682. The summed E-state index contributed by atoms with van der Waals surface area (Å²) in [5, 5.41) is 10.1. The maximum Gasteiger partial charge on any atom is 0.346 e. The Labute approximate surface area is 184 Å². The largest absolute Gasteiger partial charge is 0.497 e. The van der Waals surface area contributed by atoms with Gasteiger partial charge in [0.25, 0.3) is 0 Å². The Kier molecular flexibility index (Phi) is 7.55. The fraction of sp³-hybridized carbons (Fsp3) is 0.227. The highest BCUT2D eigenvalue weighted by Gasteiger charge is 2.24. The molecule has 0 bridgehead atoms. The van der Waals surface area contributed by atoms with E-state index in [0.717, 1.165) is 22.6 Å². The molecule has 0 atom stereocenters. The van der Waals surface area contributed by atoms with Crippen molar-refractivity contribution < 1.29 is 28.8 Å². The number of aromatic nitrogens is 2. The molecule has 0 aliphatic heterocycles. The predicted octanol–water partition coefficient (Wildman–Crippen LogP) is 4.07. The third-order valence-corrected chi connectivity index (χ3v) is 4.84. The van der Waals surface area contributed by atoms with E-state index in [2.05, 4.69) is 9.97 Å². The molecule has 31 heavy (non-hydrogen) atoms. The lowest BCUT2D eigenvalue weighted by Crippen LogP contribution is -2.11. The number of hydrogen-bond acceptors (Lipinski definition) is 8. The number of carbonyl (C=O) groups is 1. The number of carboxylic acids is 1. The van der Waals surface area contributed by atoms with Gasteiger partial charge in [0, 0.05) is 0 Å². The van der Waals surface area contributed by atoms with Crippen LogP contribution in [0.15, 0.2) is 53.7 Å². The van der Waals surface area contributed by atoms with Crippen LogP contribution in [0.2, 0.25) is 0 Å². The number of benzene rings is 2. The molecule has 162 valence electrons. The van der Waals surface area contributed by atoms with Crippen molar-refractivity contribution in [2.75, 3.05) is 20.5 Å². The highest BCUT2D eigenvalue weighted by atomic mass is 32.2. The van der Waals surface area contributed by atoms with E-state index < -0.39 is 5.97 Å². The summed E-state index contributed by atoms with van der Waals surface area (Å²) in [6.07, 6.45) is 1.79. The molecule has 0 saturated carbocycles. The zero-order chi connectivity index (χ0) is 22.2. The Bertz CT molecular complexity index is 953. The van der Waals surface area contributed by atoms with Gasteiger partial charge in [-0.05, 0) is 41.6 Å². The quantitative estimate of drug-likeness (QED) is 0.368. The highest BCUT2D eigenvalue weighted by molar-refractivity contribution is 7.98. The molecule has 0 radical (unpaired) electrons. The molecule has 0 saturated heterocycles. The van der Waals surface area contributed by atoms with Crippen LogP contribution in [0.3, 0.4) is 0 Å². The van der Waals surface area contributed by atoms with Crippen LogP contribution in [0.5, 0.6) is 23.3 Å². The minimum absolute atomic E-state index is 0.0487. The van der Waals surface area contributed by atoms with Gasteiger partial charge in [-0.15, -0.1) is 0 Å². The second-order valence-corrected chi connectivity index (χ2v) is 7.05. The second-order valence-electron chi connectivity index (χ2n) is 6.27. The number of carboxylic acid groups (broad SMARTS) is 1. The lowest BCUT2D eigenvalue weighted by atomic mass is 10.2. The Balaban J connectivity index is 1.82. The van der Waals surface area contributed by atoms with Gasteiger partial charge in [0.2, 0.25) is 11.8 Å². The Morgan fingerprint density at radius 2 is 1.26 bits per heavy atom. The molecule has 1 heterocycles. The van der Waals surface area contributed by atoms with Crippen molar-refractivity contribution >= 4 is 17.7 Å². The zero-order valence-electron chi connectivity index (χ0n) is 17.3. The normalized spacial score (nSPS) is 10.4. The minimum atomic E-state index is -1.23. The van der Waals surface area contributed by atoms with E-state index in [1.165, 1.54) is 11.8 Å². The zero-order valence-corrected chi connectivity index (χ0v) is 18.1. The first-order valence-corrected chi connectivity index (χ1v) is 10.5. The molecule has 9 heteroatoms. The molecule has 0 amide bonds. The Morgan fingerprint density at radius 1 is 0.839 bits per heavy atom. The molecule has 3 rings (SSSR count). The van der Waals surface area contributed by atoms with Gasteiger partial charge in [0.15, 0.2) is 10.7 Å². The maximum atomic E-state index is 12.0. The number of methoxy groups -OCH3 is 2. The van der Waals surface area contributed by atoms with Crippen LogP contribution < -0.4 is 18.9 Å². The smallest absolute Gasteiger partial charge is 0.346 e. The first-order valence-electron chi connectivity index (χ1n) is 9.24. The molecular weight excluding hydrogens is 420 g/mol. The van der Waals surface area contributed by atoms with Crippen LogP contribution in [-0.2, 0) is 13.2 Å². The van der Waals surface area contributed by atoms with E-state index in [9.17, 15) is 9.90 Å². The van der Waals surface area contributed by atoms with Crippen LogP contribution in [-0.4, -0.2) is 41.5 Å². The van der Waals surface area contributed by atoms with Crippen molar-refractivity contribution in [1.29, 1.82) is 0 Å². The van der Waals surface area contributed by atoms with Crippen molar-refractivity contribution in [1.82, 2.24) is 9.97 Å². The summed E-state index contributed by atoms with van der Waals surface area (Å²) < 4.78 is 21.8. The first kappa shape index (κ1) is 22.2. The Hall–Kier alpha value is -3.46. The van der Waals surface area contributed by atoms with E-state index in [4.69, 9.17) is 18.9 Å². The van der Waals surface area contributed by atoms with Crippen molar-refractivity contribution in [2.45, 2.75) is 18.4 Å². The third-order valence-electron chi connectivity index (χ3n) is 4.29. The summed E-state index contributed by atoms with van der Waals surface area (Å²) >= 11 is 1.26. The topological polar surface area (TPSA) is 100 Å². The standard InChI is InChI=1S/C22H22N2O6S/c1-27-16-8-4-14(5-9-16)12-29-19-18(21(25)26)20(24-22(23-19)31-3)30-13-15-6-10-17(28-2)11-7-15/h4-11H,12-13H2,1-3H3,(H,25,26). The van der Waals surface area contributed by atoms with Gasteiger partial charge in [0.05, 0.1) is 14.2 Å². The fourth-order valence-electron chi connectivity index (χ4n) is 2.63. The number of hydrogen-bond donors (Lipinski definition) is 1. The van der Waals surface area contributed by atoms with Gasteiger partial charge >= 0.3 is 5.97 Å². The summed E-state index contributed by atoms with van der Waals surface area (Å²) in [6, 6.07) is 14.5. The second kappa shape index (κ2) is 10.5. The molecule has 0 aliphatic rings. The number of aromatic carboxylic acids is 1. The molecule has 0 unspecified atom stereocenters. The van der Waals surface area contributed by atoms with Crippen LogP contribution in [0.25, 0.3) is 0 Å². The summed E-state index contributed by atoms with van der Waals surface area (Å²) in [5.74, 6) is 0.105. The number of rotatable bonds is 10. The van der Waals surface area contributed by atoms with Crippen molar-refractivity contribution in [2.24, 2.45) is 0 Å². The SMILES string of the molecule is COc1ccc(COc2nc(SC)nc(OCc3ccc(OC)cc3)c2C(=O)O)cc1. The molecule has 2 aromatic carbocycles. The van der Waals surface area contributed by atoms with Gasteiger partial charge in [-0.25, -0.2) is 4.79 Å². The third kappa shape index (κ3) is 5.79. The Morgan fingerprint density at radius 3 is 1.58 bits per heavy atom. The molecule has 3 aromatic rings. The van der Waals surface area contributed by atoms with Crippen molar-refractivity contribution in [3.63, 3.8) is 0 Å². The minimum Gasteiger partial charge on any atom is -0.497 e. The van der Waals surface area contributed by atoms with Crippen LogP contribution >= 0.6 is 11.8 Å². The summed E-state index contributed by atoms with van der Waals surface area (Å²) in [4.78, 5) is 20.4. The van der Waals surface area contributed by atoms with Crippen LogP contribution in [0.4, 0.5) is 0 Å². The highest BCUT2D eigenvalue weighted by Crippen LogP contribution is 2.29. The number of thioether (sulfide) groups is 1. The average Bonchev–Trinajstić information content (AvgIpc) is 2.81. The van der Waals surface area contributed by atoms with Crippen molar-refractivity contribution in [3.8, 4) is 23.3 Å². The molecule has 0 aliphatic carbocycles. The van der Waals surface area contributed by atoms with Gasteiger partial charge in [0.1, 0.15) is 24.7 Å². The summed E-state index contributed by atoms with van der Waals surface area (Å²) in [6.45, 7) is 0.264. The van der Waals surface area contributed by atoms with E-state index in [1.54, 1.807) is 44.7 Å². The number of nitrogens with zero attached hydrogens (tertiary/aromatic N) is 2. The molecule has 1 N–H and O–H groups in total. The van der Waals surface area contributed by atoms with Crippen LogP contribution in [0, 0.1) is 0 Å².